The van der Waals surface area contributed by atoms with Gasteiger partial charge in [-0.15, -0.1) is 0 Å². The molecule has 46 valence electrons. The molecule has 0 rings (SSSR count). The molecule has 0 amide bonds. The average molecular weight is 410 g/mol. The van der Waals surface area contributed by atoms with Gasteiger partial charge in [0.15, 0.2) is 0 Å². The molecule has 0 aliphatic heterocycles. The predicted molar refractivity (Wildman–Crippen MR) is 8.74 cm³/mol. The first-order valence-electron chi connectivity index (χ1n) is 0. The summed E-state index contributed by atoms with van der Waals surface area (Å²) in [5, 5.41) is 0. The van der Waals surface area contributed by atoms with Crippen molar-refractivity contribution < 1.29 is 105 Å². The largest absolute Gasteiger partial charge is 3.00 e. The van der Waals surface area contributed by atoms with E-state index in [-0.39, 0.29) is 118 Å². The fourth-order valence-corrected chi connectivity index (χ4v) is 0. The van der Waals surface area contributed by atoms with Crippen molar-refractivity contribution in [1.82, 2.24) is 0 Å². The van der Waals surface area contributed by atoms with Crippen molar-refractivity contribution in [3.05, 3.63) is 0 Å². The number of hydrogen-bond acceptors (Lipinski definition) is 0. The number of hydrogen-bond donors (Lipinski definition) is 0. The minimum Gasteiger partial charge on any atom is -2.00 e. The third kappa shape index (κ3) is 18.8. The van der Waals surface area contributed by atoms with E-state index in [1.54, 1.807) is 0 Å². The minimum atomic E-state index is 0. The Morgan fingerprint density at radius 1 is 0.600 bits per heavy atom. The molecule has 0 aromatic rings. The van der Waals surface area contributed by atoms with Crippen LogP contribution in [-0.2, 0) is 24.4 Å². The van der Waals surface area contributed by atoms with Gasteiger partial charge in [0.05, 0.1) is 0 Å². The van der Waals surface area contributed by atoms with Crippen molar-refractivity contribution >= 4 is 13.5 Å². The molecule has 5 heavy (non-hydrogen) atoms. The zero-order valence-electron chi connectivity index (χ0n) is 1.76. The van der Waals surface area contributed by atoms with Crippen LogP contribution < -0.4 is 0 Å². The van der Waals surface area contributed by atoms with Crippen molar-refractivity contribution in [3.63, 3.8) is 0 Å². The first-order valence-corrected chi connectivity index (χ1v) is 0. The van der Waals surface area contributed by atoms with Gasteiger partial charge in [0.2, 0.25) is 0 Å². The van der Waals surface area contributed by atoms with Crippen molar-refractivity contribution in [2.75, 3.05) is 0 Å². The molecular weight excluding hydrogens is 410 g/mol. The van der Waals surface area contributed by atoms with Crippen LogP contribution in [0.1, 0.15) is 0 Å². The molecule has 2 nitrogen and oxygen atoms in total. The minimum absolute atomic E-state index is 0. The Kier molecular flexibility index (Phi) is 215. The smallest absolute Gasteiger partial charge is 2.00 e. The maximum absolute atomic E-state index is 0. The zero-order valence-corrected chi connectivity index (χ0v) is 6.01. The number of rotatable bonds is 0. The summed E-state index contributed by atoms with van der Waals surface area (Å²) < 4.78 is 0. The first kappa shape index (κ1) is 40.5. The van der Waals surface area contributed by atoms with Crippen molar-refractivity contribution in [1.29, 1.82) is 0 Å². The molecular formula is O2SYb2. The molecule has 2 radical (unpaired) electrons. The van der Waals surface area contributed by atoms with E-state index in [9.17, 15) is 0 Å². The summed E-state index contributed by atoms with van der Waals surface area (Å²) in [6.07, 6.45) is 0. The van der Waals surface area contributed by atoms with Gasteiger partial charge in [-0.05, 0) is 0 Å². The van der Waals surface area contributed by atoms with Crippen LogP contribution in [0.4, 0.5) is 0 Å². The molecule has 0 N–H and O–H groups in total. The molecule has 0 fully saturated rings. The van der Waals surface area contributed by atoms with Crippen LogP contribution in [0.15, 0.2) is 0 Å². The summed E-state index contributed by atoms with van der Waals surface area (Å²) in [5.74, 6) is 0. The van der Waals surface area contributed by atoms with Gasteiger partial charge in [-0.3, -0.25) is 0 Å². The molecule has 0 heterocycles. The third-order valence-corrected chi connectivity index (χ3v) is 0. The van der Waals surface area contributed by atoms with Crippen LogP contribution in [0.2, 0.25) is 0 Å². The van der Waals surface area contributed by atoms with Crippen LogP contribution in [-0.4, -0.2) is 0 Å². The van der Waals surface area contributed by atoms with Gasteiger partial charge in [-0.2, -0.15) is 0 Å². The topological polar surface area (TPSA) is 57.0 Å². The Morgan fingerprint density at radius 3 is 0.600 bits per heavy atom. The van der Waals surface area contributed by atoms with Crippen LogP contribution in [0.5, 0.6) is 0 Å². The molecule has 0 saturated carbocycles. The fraction of sp³-hybridized carbons (Fsp3) is 0. The van der Waals surface area contributed by atoms with E-state index < -0.39 is 0 Å². The standard InChI is InChI=1S/2O.S.2Yb/q3*-2;2*+3. The zero-order chi connectivity index (χ0) is 0. The normalized spacial score (nSPS) is 0. The maximum Gasteiger partial charge on any atom is 3.00 e. The Bertz CT molecular complexity index is 7.61. The monoisotopic (exact) mass is 412 g/mol. The van der Waals surface area contributed by atoms with Crippen molar-refractivity contribution in [2.45, 2.75) is 0 Å². The summed E-state index contributed by atoms with van der Waals surface area (Å²) in [6.45, 7) is 0. The molecule has 0 aromatic heterocycles. The first-order chi connectivity index (χ1) is 0. The van der Waals surface area contributed by atoms with E-state index in [0.29, 0.717) is 0 Å². The van der Waals surface area contributed by atoms with Crippen molar-refractivity contribution in [3.8, 4) is 0 Å². The van der Waals surface area contributed by atoms with Crippen LogP contribution in [0.25, 0.3) is 0 Å². The van der Waals surface area contributed by atoms with Crippen molar-refractivity contribution in [2.24, 2.45) is 0 Å². The molecule has 0 saturated heterocycles. The van der Waals surface area contributed by atoms with Gasteiger partial charge in [-0.1, -0.05) is 0 Å². The second kappa shape index (κ2) is 26.6. The van der Waals surface area contributed by atoms with E-state index >= 15 is 0 Å². The summed E-state index contributed by atoms with van der Waals surface area (Å²) in [6, 6.07) is 0. The maximum atomic E-state index is 0. The second-order valence-corrected chi connectivity index (χ2v) is 0. The Balaban J connectivity index is 0. The molecule has 0 bridgehead atoms. The van der Waals surface area contributed by atoms with Crippen LogP contribution in [0, 0.1) is 93.8 Å². The van der Waals surface area contributed by atoms with E-state index in [2.05, 4.69) is 0 Å². The summed E-state index contributed by atoms with van der Waals surface area (Å²) in [5.41, 5.74) is 0. The van der Waals surface area contributed by atoms with Gasteiger partial charge < -0.3 is 24.4 Å². The molecule has 0 aliphatic rings. The molecule has 0 atom stereocenters. The van der Waals surface area contributed by atoms with Gasteiger partial charge >= 0.3 is 93.8 Å². The predicted octanol–water partition coefficient (Wildman–Crippen LogP) is -0.240. The average Bonchev–Trinajstić information content (AvgIpc) is 0. The van der Waals surface area contributed by atoms with Gasteiger partial charge in [0.1, 0.15) is 0 Å². The van der Waals surface area contributed by atoms with E-state index in [4.69, 9.17) is 0 Å². The van der Waals surface area contributed by atoms with Crippen LogP contribution >= 0.6 is 0 Å². The molecule has 0 aliphatic carbocycles. The summed E-state index contributed by atoms with van der Waals surface area (Å²) >= 11 is 0. The van der Waals surface area contributed by atoms with Gasteiger partial charge in [0, 0.05) is 0 Å². The molecule has 0 unspecified atom stereocenters. The Morgan fingerprint density at radius 2 is 0.600 bits per heavy atom. The fourth-order valence-electron chi connectivity index (χ4n) is 0. The SMILES string of the molecule is [O-2].[O-2].[S-2].[Yb+3].[Yb+3]. The van der Waals surface area contributed by atoms with Gasteiger partial charge in [-0.25, -0.2) is 0 Å². The summed E-state index contributed by atoms with van der Waals surface area (Å²) in [7, 11) is 0. The quantitative estimate of drug-likeness (QED) is 0.530. The molecule has 5 heteroatoms. The summed E-state index contributed by atoms with van der Waals surface area (Å²) in [4.78, 5) is 0. The Hall–Kier alpha value is 3.31. The van der Waals surface area contributed by atoms with E-state index in [1.165, 1.54) is 0 Å². The van der Waals surface area contributed by atoms with E-state index in [1.807, 2.05) is 0 Å². The second-order valence-electron chi connectivity index (χ2n) is 0. The van der Waals surface area contributed by atoms with E-state index in [0.717, 1.165) is 0 Å². The molecule has 0 spiro atoms. The Labute approximate surface area is 115 Å². The van der Waals surface area contributed by atoms with Crippen LogP contribution in [0.3, 0.4) is 0 Å². The molecule has 0 aromatic carbocycles. The van der Waals surface area contributed by atoms with Gasteiger partial charge in [0.25, 0.3) is 0 Å². The third-order valence-electron chi connectivity index (χ3n) is 0.